The van der Waals surface area contributed by atoms with Crippen LogP contribution in [0.5, 0.6) is 0 Å². The highest BCUT2D eigenvalue weighted by atomic mass is 16.5. The van der Waals surface area contributed by atoms with Crippen molar-refractivity contribution >= 4 is 5.91 Å². The lowest BCUT2D eigenvalue weighted by Crippen LogP contribution is -2.33. The molecule has 0 bridgehead atoms. The summed E-state index contributed by atoms with van der Waals surface area (Å²) in [5.41, 5.74) is 0.245. The van der Waals surface area contributed by atoms with Gasteiger partial charge in [-0.15, -0.1) is 0 Å². The number of carbonyl (C=O) groups is 1. The molecule has 5 heteroatoms. The Morgan fingerprint density at radius 1 is 1.28 bits per heavy atom. The summed E-state index contributed by atoms with van der Waals surface area (Å²) in [7, 11) is 5.73. The van der Waals surface area contributed by atoms with Crippen LogP contribution in [0.25, 0.3) is 0 Å². The third-order valence-electron chi connectivity index (χ3n) is 2.70. The zero-order valence-electron chi connectivity index (χ0n) is 12.1. The zero-order valence-corrected chi connectivity index (χ0v) is 12.1. The lowest BCUT2D eigenvalue weighted by Gasteiger charge is -2.18. The summed E-state index contributed by atoms with van der Waals surface area (Å²) in [5.74, 6) is 0.628. The van der Waals surface area contributed by atoms with Crippen molar-refractivity contribution in [1.29, 1.82) is 0 Å². The second-order valence-electron chi connectivity index (χ2n) is 5.86. The molecule has 1 rings (SSSR count). The number of amides is 1. The molecule has 0 saturated carbocycles. The molecule has 1 aromatic heterocycles. The van der Waals surface area contributed by atoms with Gasteiger partial charge in [-0.25, -0.2) is 0 Å². The van der Waals surface area contributed by atoms with E-state index in [2.05, 4.69) is 5.16 Å². The largest absolute Gasteiger partial charge is 0.360 e. The van der Waals surface area contributed by atoms with E-state index in [9.17, 15) is 4.79 Å². The number of nitrogens with zero attached hydrogens (tertiary/aromatic N) is 3. The van der Waals surface area contributed by atoms with Gasteiger partial charge in [-0.2, -0.15) is 0 Å². The van der Waals surface area contributed by atoms with Crippen molar-refractivity contribution in [2.75, 3.05) is 34.2 Å². The molecule has 0 N–H and O–H groups in total. The van der Waals surface area contributed by atoms with Gasteiger partial charge in [0.25, 0.3) is 5.91 Å². The van der Waals surface area contributed by atoms with Crippen LogP contribution in [0.1, 0.15) is 37.0 Å². The SMILES string of the molecule is CN(C)CCN(C)C(=O)c1cc(C(C)(C)C)on1. The number of hydrogen-bond acceptors (Lipinski definition) is 4. The van der Waals surface area contributed by atoms with Crippen LogP contribution in [0.3, 0.4) is 0 Å². The molecule has 0 aliphatic heterocycles. The topological polar surface area (TPSA) is 49.6 Å². The van der Waals surface area contributed by atoms with E-state index >= 15 is 0 Å². The van der Waals surface area contributed by atoms with Gasteiger partial charge in [-0.05, 0) is 14.1 Å². The Labute approximate surface area is 109 Å². The molecule has 0 atom stereocenters. The molecule has 1 heterocycles. The molecule has 0 unspecified atom stereocenters. The van der Waals surface area contributed by atoms with Crippen LogP contribution in [-0.4, -0.2) is 55.1 Å². The molecule has 0 aromatic carbocycles. The Morgan fingerprint density at radius 2 is 1.89 bits per heavy atom. The highest BCUT2D eigenvalue weighted by Gasteiger charge is 2.23. The number of hydrogen-bond donors (Lipinski definition) is 0. The maximum Gasteiger partial charge on any atom is 0.275 e. The minimum absolute atomic E-state index is 0.101. The molecule has 5 nitrogen and oxygen atoms in total. The van der Waals surface area contributed by atoms with Gasteiger partial charge in [0.05, 0.1) is 0 Å². The lowest BCUT2D eigenvalue weighted by molar-refractivity contribution is 0.0775. The minimum atomic E-state index is -0.131. The van der Waals surface area contributed by atoms with Crippen molar-refractivity contribution in [2.24, 2.45) is 0 Å². The van der Waals surface area contributed by atoms with Gasteiger partial charge in [0.1, 0.15) is 5.76 Å². The Morgan fingerprint density at radius 3 is 2.33 bits per heavy atom. The fraction of sp³-hybridized carbons (Fsp3) is 0.692. The highest BCUT2D eigenvalue weighted by Crippen LogP contribution is 2.22. The van der Waals surface area contributed by atoms with Crippen molar-refractivity contribution in [3.05, 3.63) is 17.5 Å². The second-order valence-corrected chi connectivity index (χ2v) is 5.86. The van der Waals surface area contributed by atoms with Gasteiger partial charge < -0.3 is 14.3 Å². The second kappa shape index (κ2) is 5.52. The van der Waals surface area contributed by atoms with Crippen LogP contribution >= 0.6 is 0 Å². The monoisotopic (exact) mass is 253 g/mol. The summed E-state index contributed by atoms with van der Waals surface area (Å²) in [6.07, 6.45) is 0. The molecule has 1 amide bonds. The lowest BCUT2D eigenvalue weighted by atomic mass is 9.93. The number of carbonyl (C=O) groups excluding carboxylic acids is 1. The summed E-state index contributed by atoms with van der Waals surface area (Å²) in [4.78, 5) is 15.8. The minimum Gasteiger partial charge on any atom is -0.360 e. The first-order valence-electron chi connectivity index (χ1n) is 6.09. The quantitative estimate of drug-likeness (QED) is 0.818. The van der Waals surface area contributed by atoms with E-state index in [-0.39, 0.29) is 11.3 Å². The predicted octanol–water partition coefficient (Wildman–Crippen LogP) is 1.61. The Bertz CT molecular complexity index is 405. The Hall–Kier alpha value is -1.36. The molecule has 18 heavy (non-hydrogen) atoms. The van der Waals surface area contributed by atoms with E-state index < -0.39 is 0 Å². The van der Waals surface area contributed by atoms with Crippen molar-refractivity contribution in [3.8, 4) is 0 Å². The fourth-order valence-corrected chi connectivity index (χ4v) is 1.38. The van der Waals surface area contributed by atoms with Crippen molar-refractivity contribution < 1.29 is 9.32 Å². The highest BCUT2D eigenvalue weighted by molar-refractivity contribution is 5.92. The molecule has 0 saturated heterocycles. The number of rotatable bonds is 4. The van der Waals surface area contributed by atoms with Crippen LogP contribution in [0.2, 0.25) is 0 Å². The molecule has 0 aliphatic carbocycles. The van der Waals surface area contributed by atoms with Gasteiger partial charge in [-0.1, -0.05) is 25.9 Å². The van der Waals surface area contributed by atoms with Crippen molar-refractivity contribution in [1.82, 2.24) is 15.0 Å². The van der Waals surface area contributed by atoms with Crippen LogP contribution in [0.4, 0.5) is 0 Å². The molecule has 0 aliphatic rings. The maximum atomic E-state index is 12.1. The van der Waals surface area contributed by atoms with Gasteiger partial charge in [0, 0.05) is 31.6 Å². The van der Waals surface area contributed by atoms with E-state index in [1.54, 1.807) is 18.0 Å². The number of aromatic nitrogens is 1. The van der Waals surface area contributed by atoms with Gasteiger partial charge in [-0.3, -0.25) is 4.79 Å². The van der Waals surface area contributed by atoms with E-state index in [1.165, 1.54) is 0 Å². The predicted molar refractivity (Wildman–Crippen MR) is 70.7 cm³/mol. The Kier molecular flexibility index (Phi) is 4.51. The summed E-state index contributed by atoms with van der Waals surface area (Å²) in [5, 5.41) is 3.85. The Balaban J connectivity index is 2.70. The third-order valence-corrected chi connectivity index (χ3v) is 2.70. The number of likely N-dealkylation sites (N-methyl/N-ethyl adjacent to an activating group) is 2. The first-order chi connectivity index (χ1) is 8.21. The molecular weight excluding hydrogens is 230 g/mol. The first-order valence-corrected chi connectivity index (χ1v) is 6.09. The third kappa shape index (κ3) is 3.84. The van der Waals surface area contributed by atoms with Gasteiger partial charge >= 0.3 is 0 Å². The summed E-state index contributed by atoms with van der Waals surface area (Å²) in [6, 6.07) is 1.73. The van der Waals surface area contributed by atoms with Gasteiger partial charge in [0.2, 0.25) is 0 Å². The summed E-state index contributed by atoms with van der Waals surface area (Å²) < 4.78 is 5.22. The smallest absolute Gasteiger partial charge is 0.275 e. The van der Waals surface area contributed by atoms with E-state index in [0.29, 0.717) is 12.2 Å². The summed E-state index contributed by atoms with van der Waals surface area (Å²) in [6.45, 7) is 7.57. The maximum absolute atomic E-state index is 12.1. The molecule has 102 valence electrons. The van der Waals surface area contributed by atoms with Crippen LogP contribution < -0.4 is 0 Å². The zero-order chi connectivity index (χ0) is 13.9. The molecule has 0 fully saturated rings. The van der Waals surface area contributed by atoms with Crippen LogP contribution in [-0.2, 0) is 5.41 Å². The normalized spacial score (nSPS) is 11.9. The van der Waals surface area contributed by atoms with Gasteiger partial charge in [0.15, 0.2) is 5.69 Å². The fourth-order valence-electron chi connectivity index (χ4n) is 1.38. The molecular formula is C13H23N3O2. The van der Waals surface area contributed by atoms with Crippen molar-refractivity contribution in [2.45, 2.75) is 26.2 Å². The van der Waals surface area contributed by atoms with Crippen molar-refractivity contribution in [3.63, 3.8) is 0 Å². The van der Waals surface area contributed by atoms with E-state index in [1.807, 2.05) is 39.8 Å². The van der Waals surface area contributed by atoms with E-state index in [4.69, 9.17) is 4.52 Å². The average molecular weight is 253 g/mol. The molecule has 0 spiro atoms. The standard InChI is InChI=1S/C13H23N3O2/c1-13(2,3)11-9-10(14-18-11)12(17)16(6)8-7-15(4)5/h9H,7-8H2,1-6H3. The molecule has 1 aromatic rings. The first kappa shape index (κ1) is 14.7. The van der Waals surface area contributed by atoms with Crippen LogP contribution in [0, 0.1) is 0 Å². The van der Waals surface area contributed by atoms with Crippen LogP contribution in [0.15, 0.2) is 10.6 Å². The molecule has 0 radical (unpaired) electrons. The average Bonchev–Trinajstić information content (AvgIpc) is 2.73. The summed E-state index contributed by atoms with van der Waals surface area (Å²) >= 11 is 0. The van der Waals surface area contributed by atoms with E-state index in [0.717, 1.165) is 12.3 Å².